The first-order chi connectivity index (χ1) is 12.5. The van der Waals surface area contributed by atoms with Crippen LogP contribution in [0.3, 0.4) is 0 Å². The lowest BCUT2D eigenvalue weighted by molar-refractivity contribution is 0.112. The van der Waals surface area contributed by atoms with E-state index in [1.54, 1.807) is 12.3 Å². The Morgan fingerprint density at radius 3 is 2.77 bits per heavy atom. The molecule has 3 heterocycles. The van der Waals surface area contributed by atoms with Crippen molar-refractivity contribution >= 4 is 32.7 Å². The molecule has 1 aliphatic carbocycles. The van der Waals surface area contributed by atoms with E-state index in [0.29, 0.717) is 30.8 Å². The summed E-state index contributed by atoms with van der Waals surface area (Å²) in [5.41, 5.74) is 0.580. The van der Waals surface area contributed by atoms with E-state index in [1.165, 1.54) is 0 Å². The third-order valence-corrected chi connectivity index (χ3v) is 6.23. The second-order valence-corrected chi connectivity index (χ2v) is 7.90. The monoisotopic (exact) mass is 422 g/mol. The highest BCUT2D eigenvalue weighted by molar-refractivity contribution is 9.10. The highest BCUT2D eigenvalue weighted by Crippen LogP contribution is 2.34. The molecule has 0 amide bonds. The van der Waals surface area contributed by atoms with Crippen molar-refractivity contribution in [2.75, 3.05) is 18.4 Å². The van der Waals surface area contributed by atoms with E-state index >= 15 is 0 Å². The van der Waals surface area contributed by atoms with Gasteiger partial charge in [-0.3, -0.25) is 4.90 Å². The summed E-state index contributed by atoms with van der Waals surface area (Å²) in [6, 6.07) is 4.34. The molecule has 2 atom stereocenters. The minimum Gasteiger partial charge on any atom is -0.444 e. The van der Waals surface area contributed by atoms with Gasteiger partial charge in [0.1, 0.15) is 18.1 Å². The molecule has 4 rings (SSSR count). The third kappa shape index (κ3) is 3.31. The molecule has 2 aromatic rings. The van der Waals surface area contributed by atoms with Crippen LogP contribution in [0.25, 0.3) is 11.0 Å². The quantitative estimate of drug-likeness (QED) is 0.789. The van der Waals surface area contributed by atoms with Crippen LogP contribution in [0.4, 0.5) is 10.2 Å². The maximum absolute atomic E-state index is 13.5. The molecule has 0 aromatic carbocycles. The molecule has 0 unspecified atom stereocenters. The molecule has 2 N–H and O–H groups in total. The Bertz CT molecular complexity index is 834. The topological polar surface area (TPSA) is 85.3 Å². The van der Waals surface area contributed by atoms with E-state index in [1.807, 2.05) is 6.07 Å². The lowest BCUT2D eigenvalue weighted by atomic mass is 9.90. The Morgan fingerprint density at radius 1 is 1.35 bits per heavy atom. The molecule has 138 valence electrons. The lowest BCUT2D eigenvalue weighted by Gasteiger charge is -2.35. The zero-order valence-electron chi connectivity index (χ0n) is 14.2. The number of alkyl halides is 1. The van der Waals surface area contributed by atoms with Crippen molar-refractivity contribution in [3.63, 3.8) is 0 Å². The second-order valence-electron chi connectivity index (χ2n) is 7.11. The molecule has 0 bridgehead atoms. The van der Waals surface area contributed by atoms with Crippen molar-refractivity contribution in [3.8, 4) is 6.07 Å². The number of β-amino-alcohol motifs (C(OH)–C–C–N with tert-alkyl or cyclic N) is 1. The van der Waals surface area contributed by atoms with Gasteiger partial charge in [-0.1, -0.05) is 0 Å². The molecule has 0 radical (unpaired) electrons. The maximum atomic E-state index is 13.5. The molecular formula is C18H20BrFN4O2. The smallest absolute Gasteiger partial charge is 0.204 e. The van der Waals surface area contributed by atoms with Crippen molar-refractivity contribution in [2.24, 2.45) is 0 Å². The summed E-state index contributed by atoms with van der Waals surface area (Å²) in [7, 11) is 0. The molecular weight excluding hydrogens is 403 g/mol. The second kappa shape index (κ2) is 7.14. The predicted molar refractivity (Wildman–Crippen MR) is 98.6 cm³/mol. The van der Waals surface area contributed by atoms with Gasteiger partial charge >= 0.3 is 0 Å². The van der Waals surface area contributed by atoms with Crippen LogP contribution in [0.5, 0.6) is 0 Å². The summed E-state index contributed by atoms with van der Waals surface area (Å²) in [6.07, 6.45) is 3.55. The van der Waals surface area contributed by atoms with Gasteiger partial charge in [0.2, 0.25) is 5.76 Å². The number of pyridine rings is 1. The van der Waals surface area contributed by atoms with Gasteiger partial charge < -0.3 is 14.8 Å². The van der Waals surface area contributed by atoms with Crippen molar-refractivity contribution in [1.82, 2.24) is 9.88 Å². The van der Waals surface area contributed by atoms with Crippen LogP contribution in [0.15, 0.2) is 21.2 Å². The first-order valence-corrected chi connectivity index (χ1v) is 9.65. The maximum Gasteiger partial charge on any atom is 0.204 e. The SMILES string of the molecule is N#Cc1cc2c(Br)c(NC3CCC(N4C[C@@H](F)[C@@H](O)C4)CC3)ncc2o1. The predicted octanol–water partition coefficient (Wildman–Crippen LogP) is 3.20. The van der Waals surface area contributed by atoms with Crippen LogP contribution >= 0.6 is 15.9 Å². The van der Waals surface area contributed by atoms with Crippen LogP contribution in [0, 0.1) is 11.3 Å². The fraction of sp³-hybridized carbons (Fsp3) is 0.556. The van der Waals surface area contributed by atoms with Crippen LogP contribution in [-0.2, 0) is 0 Å². The highest BCUT2D eigenvalue weighted by atomic mass is 79.9. The summed E-state index contributed by atoms with van der Waals surface area (Å²) < 4.78 is 19.7. The van der Waals surface area contributed by atoms with Crippen molar-refractivity contribution in [2.45, 2.75) is 50.0 Å². The number of halogens is 2. The van der Waals surface area contributed by atoms with Crippen LogP contribution in [-0.4, -0.2) is 52.4 Å². The molecule has 8 heteroatoms. The number of aliphatic hydroxyl groups is 1. The summed E-state index contributed by atoms with van der Waals surface area (Å²) >= 11 is 3.56. The molecule has 0 spiro atoms. The number of likely N-dealkylation sites (tertiary alicyclic amines) is 1. The number of aliphatic hydroxyl groups excluding tert-OH is 1. The molecule has 2 aromatic heterocycles. The van der Waals surface area contributed by atoms with Crippen LogP contribution in [0.1, 0.15) is 31.4 Å². The molecule has 1 saturated heterocycles. The Labute approximate surface area is 159 Å². The molecule has 1 aliphatic heterocycles. The van der Waals surface area contributed by atoms with Gasteiger partial charge in [0.25, 0.3) is 0 Å². The van der Waals surface area contributed by atoms with Gasteiger partial charge in [0.05, 0.1) is 16.8 Å². The number of aromatic nitrogens is 1. The Balaban J connectivity index is 1.39. The summed E-state index contributed by atoms with van der Waals surface area (Å²) in [5.74, 6) is 1.01. The molecule has 26 heavy (non-hydrogen) atoms. The largest absolute Gasteiger partial charge is 0.444 e. The number of furan rings is 1. The Morgan fingerprint density at radius 2 is 2.12 bits per heavy atom. The minimum atomic E-state index is -1.12. The Kier molecular flexibility index (Phi) is 4.86. The van der Waals surface area contributed by atoms with Crippen molar-refractivity contribution in [1.29, 1.82) is 5.26 Å². The van der Waals surface area contributed by atoms with Gasteiger partial charge in [-0.2, -0.15) is 5.26 Å². The van der Waals surface area contributed by atoms with Gasteiger partial charge in [0.15, 0.2) is 5.58 Å². The highest BCUT2D eigenvalue weighted by Gasteiger charge is 2.36. The molecule has 2 aliphatic rings. The van der Waals surface area contributed by atoms with Gasteiger partial charge in [-0.25, -0.2) is 9.37 Å². The lowest BCUT2D eigenvalue weighted by Crippen LogP contribution is -2.40. The zero-order chi connectivity index (χ0) is 18.3. The number of rotatable bonds is 3. The standard InChI is InChI=1S/C18H20BrFN4O2/c19-17-13-5-12(6-21)26-16(13)7-22-18(17)23-10-1-3-11(4-2-10)24-8-14(20)15(25)9-24/h5,7,10-11,14-15,25H,1-4,8-9H2,(H,22,23)/t10?,11?,14-,15+/m1/s1. The normalized spacial score (nSPS) is 29.8. The van der Waals surface area contributed by atoms with E-state index in [0.717, 1.165) is 41.4 Å². The minimum absolute atomic E-state index is 0.263. The van der Waals surface area contributed by atoms with E-state index in [2.05, 4.69) is 31.1 Å². The van der Waals surface area contributed by atoms with E-state index in [-0.39, 0.29) is 5.76 Å². The molecule has 2 fully saturated rings. The molecule has 6 nitrogen and oxygen atoms in total. The number of nitriles is 1. The number of hydrogen-bond donors (Lipinski definition) is 2. The van der Waals surface area contributed by atoms with Crippen LogP contribution < -0.4 is 5.32 Å². The van der Waals surface area contributed by atoms with Crippen LogP contribution in [0.2, 0.25) is 0 Å². The fourth-order valence-corrected chi connectivity index (χ4v) is 4.51. The average Bonchev–Trinajstić information content (AvgIpc) is 3.22. The van der Waals surface area contributed by atoms with E-state index in [9.17, 15) is 9.50 Å². The summed E-state index contributed by atoms with van der Waals surface area (Å²) in [6.45, 7) is 0.783. The fourth-order valence-electron chi connectivity index (χ4n) is 3.99. The van der Waals surface area contributed by atoms with Gasteiger partial charge in [-0.15, -0.1) is 0 Å². The van der Waals surface area contributed by atoms with Crippen molar-refractivity contribution in [3.05, 3.63) is 22.5 Å². The van der Waals surface area contributed by atoms with E-state index in [4.69, 9.17) is 9.68 Å². The number of nitrogens with zero attached hydrogens (tertiary/aromatic N) is 3. The molecule has 1 saturated carbocycles. The average molecular weight is 423 g/mol. The first kappa shape index (κ1) is 17.7. The number of fused-ring (bicyclic) bond motifs is 1. The van der Waals surface area contributed by atoms with E-state index < -0.39 is 12.3 Å². The summed E-state index contributed by atoms with van der Waals surface area (Å²) in [4.78, 5) is 6.49. The summed E-state index contributed by atoms with van der Waals surface area (Å²) in [5, 5.41) is 22.9. The number of anilines is 1. The van der Waals surface area contributed by atoms with Gasteiger partial charge in [0, 0.05) is 36.6 Å². The van der Waals surface area contributed by atoms with Crippen molar-refractivity contribution < 1.29 is 13.9 Å². The number of hydrogen-bond acceptors (Lipinski definition) is 6. The first-order valence-electron chi connectivity index (χ1n) is 8.86. The van der Waals surface area contributed by atoms with Gasteiger partial charge in [-0.05, 0) is 41.6 Å². The Hall–Kier alpha value is -1.69. The number of nitrogens with one attached hydrogen (secondary N) is 1. The third-order valence-electron chi connectivity index (χ3n) is 5.43. The zero-order valence-corrected chi connectivity index (χ0v) is 15.7.